The van der Waals surface area contributed by atoms with Gasteiger partial charge in [-0.1, -0.05) is 49.7 Å². The molecule has 0 aliphatic rings. The average molecular weight is 398 g/mol. The molecule has 0 amide bonds. The maximum atomic E-state index is 12.6. The summed E-state index contributed by atoms with van der Waals surface area (Å²) in [5, 5.41) is 4.15. The second kappa shape index (κ2) is 7.22. The molecule has 0 fully saturated rings. The number of alkyl halides is 3. The molecule has 1 aromatic heterocycles. The van der Waals surface area contributed by atoms with E-state index in [0.29, 0.717) is 5.52 Å². The lowest BCUT2D eigenvalue weighted by molar-refractivity contribution is -0.0501. The van der Waals surface area contributed by atoms with Crippen LogP contribution in [-0.2, 0) is 23.1 Å². The fourth-order valence-electron chi connectivity index (χ4n) is 2.70. The molecule has 0 spiro atoms. The van der Waals surface area contributed by atoms with Gasteiger partial charge in [0.1, 0.15) is 0 Å². The van der Waals surface area contributed by atoms with Crippen molar-refractivity contribution < 1.29 is 25.8 Å². The molecule has 0 aliphatic carbocycles. The highest BCUT2D eigenvalue weighted by Gasteiger charge is 2.49. The molecule has 3 aromatic rings. The summed E-state index contributed by atoms with van der Waals surface area (Å²) >= 11 is 0. The molecule has 0 aliphatic heterocycles. The van der Waals surface area contributed by atoms with Crippen molar-refractivity contribution in [2.75, 3.05) is 0 Å². The van der Waals surface area contributed by atoms with Gasteiger partial charge in [0, 0.05) is 0 Å². The van der Waals surface area contributed by atoms with Crippen LogP contribution >= 0.6 is 0 Å². The number of rotatable bonds is 6. The van der Waals surface area contributed by atoms with E-state index in [4.69, 9.17) is 0 Å². The van der Waals surface area contributed by atoms with E-state index in [9.17, 15) is 21.6 Å². The minimum atomic E-state index is -5.79. The summed E-state index contributed by atoms with van der Waals surface area (Å²) in [6.45, 7) is 2.35. The number of aromatic nitrogens is 2. The fourth-order valence-corrected chi connectivity index (χ4v) is 3.13. The molecular weight excluding hydrogens is 381 g/mol. The summed E-state index contributed by atoms with van der Waals surface area (Å²) in [6, 6.07) is 14.1. The Labute approximate surface area is 154 Å². The number of fused-ring (bicyclic) bond motifs is 1. The lowest BCUT2D eigenvalue weighted by Gasteiger charge is -2.07. The highest BCUT2D eigenvalue weighted by atomic mass is 32.2. The number of nitrogens with zero attached hydrogens (tertiary/aromatic N) is 2. The minimum Gasteiger partial charge on any atom is -0.353 e. The molecule has 0 N–H and O–H groups in total. The quantitative estimate of drug-likeness (QED) is 0.460. The van der Waals surface area contributed by atoms with Crippen molar-refractivity contribution in [3.8, 4) is 5.88 Å². The third-order valence-corrected chi connectivity index (χ3v) is 4.93. The van der Waals surface area contributed by atoms with Crippen molar-refractivity contribution in [1.29, 1.82) is 0 Å². The summed E-state index contributed by atoms with van der Waals surface area (Å²) in [4.78, 5) is 0. The SMILES string of the molecule is CCCc1ccc(Cn2nc(OS(=O)(=O)C(F)(F)F)c3ccccc32)cc1. The molecule has 1 heterocycles. The van der Waals surface area contributed by atoms with E-state index in [0.717, 1.165) is 18.4 Å². The third kappa shape index (κ3) is 4.08. The van der Waals surface area contributed by atoms with Gasteiger partial charge in [0.15, 0.2) is 0 Å². The lowest BCUT2D eigenvalue weighted by Crippen LogP contribution is -2.28. The molecule has 0 unspecified atom stereocenters. The highest BCUT2D eigenvalue weighted by Crippen LogP contribution is 2.31. The second-order valence-electron chi connectivity index (χ2n) is 6.03. The summed E-state index contributed by atoms with van der Waals surface area (Å²) in [5.74, 6) is -0.592. The standard InChI is InChI=1S/C18H17F3N2O3S/c1-2-5-13-8-10-14(11-9-13)12-23-16-7-4-3-6-15(16)17(22-23)26-27(24,25)18(19,20)21/h3-4,6-11H,2,5,12H2,1H3. The third-order valence-electron chi connectivity index (χ3n) is 3.99. The van der Waals surface area contributed by atoms with E-state index >= 15 is 0 Å². The number of hydrogen-bond donors (Lipinski definition) is 0. The van der Waals surface area contributed by atoms with E-state index in [2.05, 4.69) is 16.2 Å². The molecule has 5 nitrogen and oxygen atoms in total. The van der Waals surface area contributed by atoms with Crippen molar-refractivity contribution in [1.82, 2.24) is 9.78 Å². The summed E-state index contributed by atoms with van der Waals surface area (Å²) in [7, 11) is -5.79. The van der Waals surface area contributed by atoms with Crippen LogP contribution in [0, 0.1) is 0 Å². The van der Waals surface area contributed by atoms with Gasteiger partial charge in [-0.2, -0.15) is 21.6 Å². The van der Waals surface area contributed by atoms with E-state index < -0.39 is 21.5 Å². The van der Waals surface area contributed by atoms with Gasteiger partial charge in [-0.05, 0) is 29.7 Å². The Morgan fingerprint density at radius 1 is 1.04 bits per heavy atom. The number of hydrogen-bond acceptors (Lipinski definition) is 4. The first-order chi connectivity index (χ1) is 12.7. The van der Waals surface area contributed by atoms with Crippen LogP contribution in [0.5, 0.6) is 5.88 Å². The van der Waals surface area contributed by atoms with Crippen molar-refractivity contribution >= 4 is 21.0 Å². The zero-order valence-electron chi connectivity index (χ0n) is 14.4. The number of para-hydroxylation sites is 1. The molecule has 144 valence electrons. The zero-order valence-corrected chi connectivity index (χ0v) is 15.2. The van der Waals surface area contributed by atoms with Gasteiger partial charge in [0.2, 0.25) is 0 Å². The van der Waals surface area contributed by atoms with Crippen LogP contribution in [0.2, 0.25) is 0 Å². The van der Waals surface area contributed by atoms with Crippen LogP contribution in [0.25, 0.3) is 10.9 Å². The largest absolute Gasteiger partial charge is 0.534 e. The van der Waals surface area contributed by atoms with Crippen LogP contribution in [-0.4, -0.2) is 23.7 Å². The van der Waals surface area contributed by atoms with Crippen LogP contribution < -0.4 is 4.18 Å². The van der Waals surface area contributed by atoms with Gasteiger partial charge in [0.05, 0.1) is 17.4 Å². The van der Waals surface area contributed by atoms with Crippen molar-refractivity contribution in [3.63, 3.8) is 0 Å². The van der Waals surface area contributed by atoms with Crippen LogP contribution in [0.15, 0.2) is 48.5 Å². The van der Waals surface area contributed by atoms with Gasteiger partial charge in [-0.25, -0.2) is 0 Å². The Morgan fingerprint density at radius 3 is 2.30 bits per heavy atom. The Balaban J connectivity index is 1.95. The van der Waals surface area contributed by atoms with Crippen LogP contribution in [0.1, 0.15) is 24.5 Å². The van der Waals surface area contributed by atoms with E-state index in [-0.39, 0.29) is 11.9 Å². The first-order valence-electron chi connectivity index (χ1n) is 8.25. The van der Waals surface area contributed by atoms with E-state index in [1.807, 2.05) is 24.3 Å². The van der Waals surface area contributed by atoms with Gasteiger partial charge in [-0.15, -0.1) is 5.10 Å². The summed E-state index contributed by atoms with van der Waals surface area (Å²) < 4.78 is 66.2. The molecule has 0 radical (unpaired) electrons. The first-order valence-corrected chi connectivity index (χ1v) is 9.66. The summed E-state index contributed by atoms with van der Waals surface area (Å²) in [5.41, 5.74) is -2.98. The highest BCUT2D eigenvalue weighted by molar-refractivity contribution is 7.88. The molecule has 0 bridgehead atoms. The molecule has 9 heteroatoms. The van der Waals surface area contributed by atoms with Crippen molar-refractivity contribution in [3.05, 3.63) is 59.7 Å². The molecule has 2 aromatic carbocycles. The Hall–Kier alpha value is -2.55. The molecule has 0 atom stereocenters. The Bertz CT molecular complexity index is 1040. The van der Waals surface area contributed by atoms with Crippen LogP contribution in [0.3, 0.4) is 0 Å². The van der Waals surface area contributed by atoms with Crippen molar-refractivity contribution in [2.45, 2.75) is 31.8 Å². The van der Waals surface area contributed by atoms with Gasteiger partial charge in [0.25, 0.3) is 5.88 Å². The van der Waals surface area contributed by atoms with E-state index in [1.54, 1.807) is 18.2 Å². The Kier molecular flexibility index (Phi) is 5.14. The van der Waals surface area contributed by atoms with Crippen LogP contribution in [0.4, 0.5) is 13.2 Å². The molecule has 0 saturated carbocycles. The van der Waals surface area contributed by atoms with Gasteiger partial charge in [-0.3, -0.25) is 4.68 Å². The van der Waals surface area contributed by atoms with E-state index in [1.165, 1.54) is 16.3 Å². The number of benzene rings is 2. The summed E-state index contributed by atoms with van der Waals surface area (Å²) in [6.07, 6.45) is 1.98. The Morgan fingerprint density at radius 2 is 1.67 bits per heavy atom. The normalized spacial score (nSPS) is 12.4. The first kappa shape index (κ1) is 19.2. The molecular formula is C18H17F3N2O3S. The smallest absolute Gasteiger partial charge is 0.353 e. The fraction of sp³-hybridized carbons (Fsp3) is 0.278. The minimum absolute atomic E-state index is 0.188. The van der Waals surface area contributed by atoms with Gasteiger partial charge >= 0.3 is 15.6 Å². The lowest BCUT2D eigenvalue weighted by atomic mass is 10.1. The molecule has 3 rings (SSSR count). The van der Waals surface area contributed by atoms with Crippen molar-refractivity contribution in [2.24, 2.45) is 0 Å². The maximum absolute atomic E-state index is 12.6. The maximum Gasteiger partial charge on any atom is 0.534 e. The topological polar surface area (TPSA) is 61.2 Å². The number of halogens is 3. The zero-order chi connectivity index (χ0) is 19.7. The molecule has 0 saturated heterocycles. The monoisotopic (exact) mass is 398 g/mol. The number of aryl methyl sites for hydroxylation is 1. The predicted octanol–water partition coefficient (Wildman–Crippen LogP) is 4.27. The average Bonchev–Trinajstić information content (AvgIpc) is 2.93. The second-order valence-corrected chi connectivity index (χ2v) is 7.57. The molecule has 27 heavy (non-hydrogen) atoms. The van der Waals surface area contributed by atoms with Gasteiger partial charge < -0.3 is 4.18 Å². The predicted molar refractivity (Wildman–Crippen MR) is 94.9 cm³/mol.